The number of pyridine rings is 1. The zero-order valence-corrected chi connectivity index (χ0v) is 11.7. The van der Waals surface area contributed by atoms with Crippen LogP contribution in [0.2, 0.25) is 5.15 Å². The van der Waals surface area contributed by atoms with E-state index < -0.39 is 0 Å². The third kappa shape index (κ3) is 2.27. The van der Waals surface area contributed by atoms with Crippen LogP contribution >= 0.6 is 11.6 Å². The minimum Gasteiger partial charge on any atom is -0.409 e. The normalized spacial score (nSPS) is 20.1. The van der Waals surface area contributed by atoms with E-state index in [0.29, 0.717) is 36.3 Å². The second-order valence-corrected chi connectivity index (χ2v) is 5.07. The van der Waals surface area contributed by atoms with Gasteiger partial charge in [-0.1, -0.05) is 16.8 Å². The van der Waals surface area contributed by atoms with Crippen molar-refractivity contribution in [2.24, 2.45) is 5.16 Å². The second-order valence-electron chi connectivity index (χ2n) is 4.69. The van der Waals surface area contributed by atoms with Crippen LogP contribution in [0.1, 0.15) is 12.8 Å². The summed E-state index contributed by atoms with van der Waals surface area (Å²) < 4.78 is 0. The van der Waals surface area contributed by atoms with Gasteiger partial charge in [-0.05, 0) is 12.1 Å². The van der Waals surface area contributed by atoms with E-state index >= 15 is 0 Å². The third-order valence-electron chi connectivity index (χ3n) is 3.57. The van der Waals surface area contributed by atoms with Crippen LogP contribution in [-0.4, -0.2) is 38.9 Å². The van der Waals surface area contributed by atoms with Crippen molar-refractivity contribution in [3.63, 3.8) is 0 Å². The summed E-state index contributed by atoms with van der Waals surface area (Å²) in [6, 6.07) is 3.39. The van der Waals surface area contributed by atoms with Gasteiger partial charge < -0.3 is 15.0 Å². The highest BCUT2D eigenvalue weighted by Gasteiger charge is 2.40. The van der Waals surface area contributed by atoms with Crippen LogP contribution in [-0.2, 0) is 0 Å². The number of oxime groups is 1. The van der Waals surface area contributed by atoms with Crippen molar-refractivity contribution >= 4 is 23.1 Å². The fourth-order valence-corrected chi connectivity index (χ4v) is 2.77. The third-order valence-corrected chi connectivity index (χ3v) is 3.80. The number of anilines is 1. The molecule has 110 valence electrons. The predicted octanol–water partition coefficient (Wildman–Crippen LogP) is 1.88. The molecule has 1 fully saturated rings. The molecule has 1 saturated heterocycles. The Morgan fingerprint density at radius 2 is 2.10 bits per heavy atom. The number of allylic oxidation sites excluding steroid dienone is 1. The number of fused-ring (bicyclic) bond motifs is 1. The number of nitrogens with zero attached hydrogens (tertiary/aromatic N) is 5. The van der Waals surface area contributed by atoms with Crippen LogP contribution in [0.15, 0.2) is 35.0 Å². The van der Waals surface area contributed by atoms with Crippen molar-refractivity contribution in [3.8, 4) is 0 Å². The molecule has 0 amide bonds. The highest BCUT2D eigenvalue weighted by molar-refractivity contribution is 6.29. The average Bonchev–Trinajstić information content (AvgIpc) is 2.91. The Bertz CT molecular complexity index is 643. The lowest BCUT2D eigenvalue weighted by molar-refractivity contribution is -0.430. The number of halogens is 1. The van der Waals surface area contributed by atoms with Crippen molar-refractivity contribution in [2.75, 3.05) is 18.0 Å². The molecule has 0 aromatic carbocycles. The molecule has 0 radical (unpaired) electrons. The first kappa shape index (κ1) is 13.6. The molecule has 2 aliphatic heterocycles. The number of hydrogen-bond acceptors (Lipinski definition) is 6. The Labute approximate surface area is 125 Å². The van der Waals surface area contributed by atoms with E-state index in [1.807, 2.05) is 0 Å². The number of aromatic nitrogens is 1. The van der Waals surface area contributed by atoms with Gasteiger partial charge in [0.1, 0.15) is 5.15 Å². The molecule has 0 atom stereocenters. The Hall–Kier alpha value is -2.35. The maximum atomic E-state index is 11.3. The van der Waals surface area contributed by atoms with E-state index in [1.54, 1.807) is 28.1 Å². The maximum absolute atomic E-state index is 11.3. The molecule has 1 N–H and O–H groups in total. The topological polar surface area (TPSA) is 95.1 Å². The number of nitro groups is 1. The van der Waals surface area contributed by atoms with E-state index in [0.717, 1.165) is 5.69 Å². The minimum absolute atomic E-state index is 0.120. The van der Waals surface area contributed by atoms with Crippen LogP contribution in [0.3, 0.4) is 0 Å². The first-order valence-corrected chi connectivity index (χ1v) is 6.74. The van der Waals surface area contributed by atoms with Crippen molar-refractivity contribution in [3.05, 3.63) is 45.1 Å². The van der Waals surface area contributed by atoms with Crippen LogP contribution < -0.4 is 4.90 Å². The van der Waals surface area contributed by atoms with Gasteiger partial charge in [-0.15, -0.1) is 0 Å². The average molecular weight is 310 g/mol. The SMILES string of the molecule is O=[N+]([O-])C1=C2N(CCN2c2ccc(Cl)nc2)/C(=N/O)CC1. The van der Waals surface area contributed by atoms with Crippen LogP contribution in [0.25, 0.3) is 0 Å². The smallest absolute Gasteiger partial charge is 0.287 e. The summed E-state index contributed by atoms with van der Waals surface area (Å²) in [6.07, 6.45) is 2.15. The van der Waals surface area contributed by atoms with Crippen molar-refractivity contribution in [1.29, 1.82) is 0 Å². The standard InChI is InChI=1S/C12H12ClN5O3/c13-10-3-1-8(7-14-10)16-5-6-17-11(15-19)4-2-9(12(16)17)18(20)21/h1,3,7,19H,2,4-6H2/b15-11+. The molecular weight excluding hydrogens is 298 g/mol. The Morgan fingerprint density at radius 1 is 1.33 bits per heavy atom. The molecule has 1 aromatic rings. The molecule has 0 unspecified atom stereocenters. The van der Waals surface area contributed by atoms with E-state index in [1.165, 1.54) is 0 Å². The molecule has 3 rings (SSSR count). The summed E-state index contributed by atoms with van der Waals surface area (Å²) in [6.45, 7) is 1.07. The predicted molar refractivity (Wildman–Crippen MR) is 75.8 cm³/mol. The summed E-state index contributed by atoms with van der Waals surface area (Å²) in [5, 5.41) is 23.9. The Kier molecular flexibility index (Phi) is 3.38. The molecule has 0 spiro atoms. The van der Waals surface area contributed by atoms with Crippen molar-refractivity contribution in [2.45, 2.75) is 12.8 Å². The lowest BCUT2D eigenvalue weighted by Crippen LogP contribution is -2.35. The Balaban J connectivity index is 2.07. The van der Waals surface area contributed by atoms with Gasteiger partial charge >= 0.3 is 0 Å². The first-order chi connectivity index (χ1) is 10.1. The highest BCUT2D eigenvalue weighted by atomic mass is 35.5. The fourth-order valence-electron chi connectivity index (χ4n) is 2.65. The van der Waals surface area contributed by atoms with Gasteiger partial charge in [0.25, 0.3) is 5.70 Å². The number of hydrogen-bond donors (Lipinski definition) is 1. The first-order valence-electron chi connectivity index (χ1n) is 6.37. The lowest BCUT2D eigenvalue weighted by Gasteiger charge is -2.27. The molecule has 2 aliphatic rings. The van der Waals surface area contributed by atoms with Gasteiger partial charge in [0.05, 0.1) is 16.8 Å². The highest BCUT2D eigenvalue weighted by Crippen LogP contribution is 2.34. The molecule has 1 aromatic heterocycles. The molecule has 8 nitrogen and oxygen atoms in total. The van der Waals surface area contributed by atoms with Gasteiger partial charge in [-0.25, -0.2) is 4.98 Å². The molecule has 0 bridgehead atoms. The van der Waals surface area contributed by atoms with Gasteiger partial charge in [0, 0.05) is 25.9 Å². The zero-order chi connectivity index (χ0) is 15.0. The molecule has 0 saturated carbocycles. The monoisotopic (exact) mass is 309 g/mol. The minimum atomic E-state index is -0.377. The van der Waals surface area contributed by atoms with Crippen molar-refractivity contribution in [1.82, 2.24) is 9.88 Å². The summed E-state index contributed by atoms with van der Waals surface area (Å²) >= 11 is 5.77. The van der Waals surface area contributed by atoms with Crippen LogP contribution in [0.4, 0.5) is 5.69 Å². The van der Waals surface area contributed by atoms with Gasteiger partial charge in [0.15, 0.2) is 11.7 Å². The number of amidine groups is 1. The summed E-state index contributed by atoms with van der Waals surface area (Å²) in [5.74, 6) is 0.892. The zero-order valence-electron chi connectivity index (χ0n) is 10.9. The summed E-state index contributed by atoms with van der Waals surface area (Å²) in [4.78, 5) is 18.4. The van der Waals surface area contributed by atoms with Crippen LogP contribution in [0.5, 0.6) is 0 Å². The van der Waals surface area contributed by atoms with E-state index in [9.17, 15) is 10.1 Å². The largest absolute Gasteiger partial charge is 0.409 e. The molecule has 3 heterocycles. The van der Waals surface area contributed by atoms with Gasteiger partial charge in [-0.3, -0.25) is 10.1 Å². The molecular formula is C12H12ClN5O3. The molecule has 0 aliphatic carbocycles. The van der Waals surface area contributed by atoms with E-state index in [4.69, 9.17) is 16.8 Å². The quantitative estimate of drug-likeness (QED) is 0.388. The van der Waals surface area contributed by atoms with E-state index in [2.05, 4.69) is 10.1 Å². The lowest BCUT2D eigenvalue weighted by atomic mass is 10.1. The fraction of sp³-hybridized carbons (Fsp3) is 0.333. The van der Waals surface area contributed by atoms with Gasteiger partial charge in [-0.2, -0.15) is 0 Å². The molecule has 9 heteroatoms. The Morgan fingerprint density at radius 3 is 2.71 bits per heavy atom. The maximum Gasteiger partial charge on any atom is 0.287 e. The summed E-state index contributed by atoms with van der Waals surface area (Å²) in [7, 11) is 0. The van der Waals surface area contributed by atoms with Crippen molar-refractivity contribution < 1.29 is 10.1 Å². The van der Waals surface area contributed by atoms with Crippen LogP contribution in [0, 0.1) is 10.1 Å². The van der Waals surface area contributed by atoms with Gasteiger partial charge in [0.2, 0.25) is 0 Å². The summed E-state index contributed by atoms with van der Waals surface area (Å²) in [5.41, 5.74) is 0.838. The number of rotatable bonds is 2. The molecule has 21 heavy (non-hydrogen) atoms. The second kappa shape index (κ2) is 5.21. The van der Waals surface area contributed by atoms with E-state index in [-0.39, 0.29) is 17.0 Å².